The number of H-pyrrole nitrogens is 1. The molecule has 1 atom stereocenters. The van der Waals surface area contributed by atoms with E-state index in [9.17, 15) is 4.79 Å². The van der Waals surface area contributed by atoms with Gasteiger partial charge in [0.15, 0.2) is 0 Å². The number of esters is 1. The summed E-state index contributed by atoms with van der Waals surface area (Å²) in [6.45, 7) is 4.23. The monoisotopic (exact) mass is 245 g/mol. The van der Waals surface area contributed by atoms with E-state index in [-0.39, 0.29) is 11.9 Å². The molecule has 0 saturated heterocycles. The van der Waals surface area contributed by atoms with Crippen molar-refractivity contribution in [3.05, 3.63) is 36.0 Å². The minimum absolute atomic E-state index is 0.159. The van der Waals surface area contributed by atoms with Crippen LogP contribution in [0.1, 0.15) is 31.7 Å². The Morgan fingerprint density at radius 3 is 2.72 bits per heavy atom. The number of aromatic nitrogens is 1. The summed E-state index contributed by atoms with van der Waals surface area (Å²) in [4.78, 5) is 15.2. The summed E-state index contributed by atoms with van der Waals surface area (Å²) in [6, 6.07) is 8.03. The molecule has 2 rings (SSSR count). The van der Waals surface area contributed by atoms with Crippen molar-refractivity contribution >= 4 is 16.9 Å². The van der Waals surface area contributed by atoms with Gasteiger partial charge in [0.1, 0.15) is 0 Å². The lowest BCUT2D eigenvalue weighted by Crippen LogP contribution is -2.16. The Labute approximate surface area is 107 Å². The molecule has 2 aromatic rings. The third-order valence-corrected chi connectivity index (χ3v) is 3.19. The molecule has 1 heterocycles. The lowest BCUT2D eigenvalue weighted by molar-refractivity contribution is -0.142. The van der Waals surface area contributed by atoms with Crippen LogP contribution in [-0.4, -0.2) is 18.1 Å². The molecule has 18 heavy (non-hydrogen) atoms. The number of carbonyl (C=O) groups excluding carboxylic acids is 1. The first kappa shape index (κ1) is 12.7. The summed E-state index contributed by atoms with van der Waals surface area (Å²) >= 11 is 0. The normalized spacial score (nSPS) is 12.9. The number of rotatable bonds is 4. The molecule has 1 N–H and O–H groups in total. The molecule has 1 aromatic heterocycles. The third kappa shape index (κ3) is 2.40. The van der Waals surface area contributed by atoms with Crippen molar-refractivity contribution in [2.75, 3.05) is 7.11 Å². The predicted molar refractivity (Wildman–Crippen MR) is 72.5 cm³/mol. The quantitative estimate of drug-likeness (QED) is 0.838. The van der Waals surface area contributed by atoms with Gasteiger partial charge in [-0.05, 0) is 24.0 Å². The standard InChI is InChI=1S/C15H19NO2/c1-10(2)8-12(15(17)18-3)13-9-16-14-7-5-4-6-11(13)14/h4-7,9-10,12,16H,8H2,1-3H3. The highest BCUT2D eigenvalue weighted by molar-refractivity contribution is 5.89. The van der Waals surface area contributed by atoms with Crippen molar-refractivity contribution in [1.82, 2.24) is 4.98 Å². The largest absolute Gasteiger partial charge is 0.469 e. The van der Waals surface area contributed by atoms with Gasteiger partial charge in [-0.15, -0.1) is 0 Å². The number of ether oxygens (including phenoxy) is 1. The van der Waals surface area contributed by atoms with Gasteiger partial charge in [-0.1, -0.05) is 32.0 Å². The second-order valence-corrected chi connectivity index (χ2v) is 4.99. The highest BCUT2D eigenvalue weighted by Gasteiger charge is 2.25. The number of aromatic amines is 1. The number of benzene rings is 1. The molecular weight excluding hydrogens is 226 g/mol. The summed E-state index contributed by atoms with van der Waals surface area (Å²) in [5.74, 6) is 0.0994. The number of nitrogens with one attached hydrogen (secondary N) is 1. The molecule has 0 bridgehead atoms. The van der Waals surface area contributed by atoms with Gasteiger partial charge in [-0.2, -0.15) is 0 Å². The molecule has 0 aliphatic rings. The first-order valence-corrected chi connectivity index (χ1v) is 6.27. The lowest BCUT2D eigenvalue weighted by atomic mass is 9.90. The molecule has 0 aliphatic heterocycles. The number of hydrogen-bond donors (Lipinski definition) is 1. The number of carbonyl (C=O) groups is 1. The van der Waals surface area contributed by atoms with E-state index >= 15 is 0 Å². The number of para-hydroxylation sites is 1. The van der Waals surface area contributed by atoms with Crippen molar-refractivity contribution < 1.29 is 9.53 Å². The molecular formula is C15H19NO2. The van der Waals surface area contributed by atoms with Gasteiger partial charge in [-0.3, -0.25) is 4.79 Å². The average molecular weight is 245 g/mol. The Morgan fingerprint density at radius 1 is 1.33 bits per heavy atom. The molecule has 1 aromatic carbocycles. The van der Waals surface area contributed by atoms with E-state index in [1.807, 2.05) is 30.5 Å². The van der Waals surface area contributed by atoms with Crippen LogP contribution in [0.25, 0.3) is 10.9 Å². The van der Waals surface area contributed by atoms with Gasteiger partial charge in [0, 0.05) is 17.1 Å². The number of methoxy groups -OCH3 is 1. The van der Waals surface area contributed by atoms with E-state index in [2.05, 4.69) is 18.8 Å². The summed E-state index contributed by atoms with van der Waals surface area (Å²) in [6.07, 6.45) is 2.73. The molecule has 3 nitrogen and oxygen atoms in total. The van der Waals surface area contributed by atoms with Gasteiger partial charge < -0.3 is 9.72 Å². The SMILES string of the molecule is COC(=O)C(CC(C)C)c1c[nH]c2ccccc12. The molecule has 3 heteroatoms. The minimum atomic E-state index is -0.189. The molecule has 1 unspecified atom stereocenters. The Hall–Kier alpha value is -1.77. The van der Waals surface area contributed by atoms with Gasteiger partial charge in [0.05, 0.1) is 13.0 Å². The zero-order valence-electron chi connectivity index (χ0n) is 11.1. The topological polar surface area (TPSA) is 42.1 Å². The molecule has 0 spiro atoms. The fraction of sp³-hybridized carbons (Fsp3) is 0.400. The average Bonchev–Trinajstić information content (AvgIpc) is 2.78. The molecule has 0 fully saturated rings. The zero-order valence-corrected chi connectivity index (χ0v) is 11.1. The van der Waals surface area contributed by atoms with Gasteiger partial charge >= 0.3 is 5.97 Å². The maximum atomic E-state index is 12.0. The van der Waals surface area contributed by atoms with Crippen molar-refractivity contribution in [3.63, 3.8) is 0 Å². The van der Waals surface area contributed by atoms with E-state index in [1.165, 1.54) is 7.11 Å². The smallest absolute Gasteiger partial charge is 0.313 e. The van der Waals surface area contributed by atoms with Crippen LogP contribution in [0.4, 0.5) is 0 Å². The van der Waals surface area contributed by atoms with E-state index < -0.39 is 0 Å². The third-order valence-electron chi connectivity index (χ3n) is 3.19. The Balaban J connectivity index is 2.44. The van der Waals surface area contributed by atoms with E-state index in [1.54, 1.807) is 0 Å². The number of hydrogen-bond acceptors (Lipinski definition) is 2. The molecule has 0 radical (unpaired) electrons. The van der Waals surface area contributed by atoms with Crippen LogP contribution in [0, 0.1) is 5.92 Å². The fourth-order valence-corrected chi connectivity index (χ4v) is 2.35. The summed E-state index contributed by atoms with van der Waals surface area (Å²) in [5, 5.41) is 1.11. The van der Waals surface area contributed by atoms with Crippen LogP contribution in [0.3, 0.4) is 0 Å². The fourth-order valence-electron chi connectivity index (χ4n) is 2.35. The minimum Gasteiger partial charge on any atom is -0.469 e. The summed E-state index contributed by atoms with van der Waals surface area (Å²) in [5.41, 5.74) is 2.09. The van der Waals surface area contributed by atoms with Crippen molar-refractivity contribution in [2.24, 2.45) is 5.92 Å². The van der Waals surface area contributed by atoms with Crippen LogP contribution in [-0.2, 0) is 9.53 Å². The number of fused-ring (bicyclic) bond motifs is 1. The molecule has 0 saturated carbocycles. The predicted octanol–water partition coefficient (Wildman–Crippen LogP) is 3.47. The maximum absolute atomic E-state index is 12.0. The van der Waals surface area contributed by atoms with Gasteiger partial charge in [-0.25, -0.2) is 0 Å². The Kier molecular flexibility index (Phi) is 3.70. The second-order valence-electron chi connectivity index (χ2n) is 4.99. The first-order valence-electron chi connectivity index (χ1n) is 6.27. The van der Waals surface area contributed by atoms with Crippen molar-refractivity contribution in [2.45, 2.75) is 26.2 Å². The first-order chi connectivity index (χ1) is 8.63. The van der Waals surface area contributed by atoms with Crippen molar-refractivity contribution in [3.8, 4) is 0 Å². The molecule has 0 amide bonds. The molecule has 0 aliphatic carbocycles. The summed E-state index contributed by atoms with van der Waals surface area (Å²) in [7, 11) is 1.45. The highest BCUT2D eigenvalue weighted by atomic mass is 16.5. The van der Waals surface area contributed by atoms with E-state index in [0.717, 1.165) is 22.9 Å². The van der Waals surface area contributed by atoms with Crippen LogP contribution in [0.2, 0.25) is 0 Å². The van der Waals surface area contributed by atoms with Crippen LogP contribution >= 0.6 is 0 Å². The highest BCUT2D eigenvalue weighted by Crippen LogP contribution is 2.31. The zero-order chi connectivity index (χ0) is 13.1. The second kappa shape index (κ2) is 5.25. The van der Waals surface area contributed by atoms with Gasteiger partial charge in [0.25, 0.3) is 0 Å². The lowest BCUT2D eigenvalue weighted by Gasteiger charge is -2.16. The van der Waals surface area contributed by atoms with Gasteiger partial charge in [0.2, 0.25) is 0 Å². The van der Waals surface area contributed by atoms with Crippen LogP contribution in [0.5, 0.6) is 0 Å². The van der Waals surface area contributed by atoms with Crippen LogP contribution in [0.15, 0.2) is 30.5 Å². The molecule has 96 valence electrons. The van der Waals surface area contributed by atoms with Crippen molar-refractivity contribution in [1.29, 1.82) is 0 Å². The maximum Gasteiger partial charge on any atom is 0.313 e. The van der Waals surface area contributed by atoms with E-state index in [0.29, 0.717) is 5.92 Å². The van der Waals surface area contributed by atoms with E-state index in [4.69, 9.17) is 4.74 Å². The summed E-state index contributed by atoms with van der Waals surface area (Å²) < 4.78 is 4.93. The Morgan fingerprint density at radius 2 is 2.06 bits per heavy atom. The van der Waals surface area contributed by atoms with Crippen LogP contribution < -0.4 is 0 Å². The Bertz CT molecular complexity index is 542.